The first-order valence-corrected chi connectivity index (χ1v) is 2.79. The average Bonchev–Trinajstić information content (AvgIpc) is 1.69. The summed E-state index contributed by atoms with van der Waals surface area (Å²) in [6, 6.07) is -0.273. The Balaban J connectivity index is 3.51. The molecule has 8 heavy (non-hydrogen) atoms. The van der Waals surface area contributed by atoms with Gasteiger partial charge in [-0.3, -0.25) is 11.3 Å². The van der Waals surface area contributed by atoms with Crippen LogP contribution in [0.3, 0.4) is 0 Å². The Morgan fingerprint density at radius 3 is 2.38 bits per heavy atom. The quantitative estimate of drug-likeness (QED) is 0.269. The van der Waals surface area contributed by atoms with E-state index in [2.05, 4.69) is 17.6 Å². The van der Waals surface area contributed by atoms with E-state index in [4.69, 9.17) is 10.9 Å². The molecule has 0 aromatic rings. The van der Waals surface area contributed by atoms with Crippen LogP contribution in [-0.2, 0) is 0 Å². The molecule has 0 aliphatic heterocycles. The highest BCUT2D eigenvalue weighted by molar-refractivity contribution is 7.79. The van der Waals surface area contributed by atoms with Gasteiger partial charge in [0.25, 0.3) is 0 Å². The first-order valence-electron chi connectivity index (χ1n) is 2.32. The third-order valence-electron chi connectivity index (χ3n) is 0.859. The van der Waals surface area contributed by atoms with Crippen LogP contribution < -0.4 is 11.3 Å². The molecule has 4 heteroatoms. The minimum absolute atomic E-state index is 0.273. The molecule has 2 unspecified atom stereocenters. The van der Waals surface area contributed by atoms with E-state index < -0.39 is 6.10 Å². The smallest absolute Gasteiger partial charge is 0.0749 e. The lowest BCUT2D eigenvalue weighted by atomic mass is 10.2. The number of hydrazine groups is 1. The summed E-state index contributed by atoms with van der Waals surface area (Å²) in [5.74, 6) is 4.98. The number of hydrogen-bond acceptors (Lipinski definition) is 4. The van der Waals surface area contributed by atoms with Crippen LogP contribution in [0.4, 0.5) is 0 Å². The highest BCUT2D eigenvalue weighted by Gasteiger charge is 2.06. The number of rotatable bonds is 3. The van der Waals surface area contributed by atoms with E-state index in [0.29, 0.717) is 0 Å². The highest BCUT2D eigenvalue weighted by atomic mass is 32.1. The van der Waals surface area contributed by atoms with Crippen molar-refractivity contribution < 1.29 is 5.11 Å². The van der Waals surface area contributed by atoms with Crippen molar-refractivity contribution in [1.82, 2.24) is 5.43 Å². The number of aliphatic hydroxyl groups excluding tert-OH is 1. The van der Waals surface area contributed by atoms with Gasteiger partial charge in [0.1, 0.15) is 0 Å². The van der Waals surface area contributed by atoms with Crippen LogP contribution in [0.5, 0.6) is 0 Å². The molecule has 0 aliphatic rings. The molecule has 0 spiro atoms. The third kappa shape index (κ3) is 2.32. The average molecular weight is 134 g/mol. The highest BCUT2D eigenvalue weighted by Crippen LogP contribution is 1.85. The minimum Gasteiger partial charge on any atom is -0.391 e. The Bertz CT molecular complexity index is 76.4. The third-order valence-corrected chi connectivity index (χ3v) is 1.15. The van der Waals surface area contributed by atoms with Gasteiger partial charge in [0.05, 0.1) is 12.1 Å². The molecule has 0 saturated carbocycles. The van der Waals surface area contributed by atoms with E-state index in [1.165, 1.54) is 5.37 Å². The SMILES string of the molecule is CC(O)C(C=S)NN. The van der Waals surface area contributed by atoms with E-state index in [9.17, 15) is 0 Å². The van der Waals surface area contributed by atoms with Gasteiger partial charge in [0, 0.05) is 0 Å². The van der Waals surface area contributed by atoms with Crippen molar-refractivity contribution in [1.29, 1.82) is 0 Å². The van der Waals surface area contributed by atoms with Gasteiger partial charge in [-0.1, -0.05) is 12.2 Å². The zero-order valence-corrected chi connectivity index (χ0v) is 5.48. The second-order valence-electron chi connectivity index (χ2n) is 1.57. The second kappa shape index (κ2) is 3.91. The first kappa shape index (κ1) is 7.97. The number of thiocarbonyl (C=S) groups is 1. The lowest BCUT2D eigenvalue weighted by molar-refractivity contribution is 0.174. The summed E-state index contributed by atoms with van der Waals surface area (Å²) >= 11 is 4.52. The lowest BCUT2D eigenvalue weighted by Crippen LogP contribution is -2.43. The molecule has 0 rings (SSSR count). The Kier molecular flexibility index (Phi) is 3.90. The van der Waals surface area contributed by atoms with Gasteiger partial charge in [-0.2, -0.15) is 0 Å². The van der Waals surface area contributed by atoms with Crippen LogP contribution in [0.2, 0.25) is 0 Å². The molecule has 0 heterocycles. The molecule has 3 nitrogen and oxygen atoms in total. The number of nitrogens with one attached hydrogen (secondary N) is 1. The minimum atomic E-state index is -0.516. The van der Waals surface area contributed by atoms with E-state index >= 15 is 0 Å². The van der Waals surface area contributed by atoms with Crippen molar-refractivity contribution in [3.8, 4) is 0 Å². The Hall–Kier alpha value is -0.0300. The van der Waals surface area contributed by atoms with E-state index in [-0.39, 0.29) is 6.04 Å². The first-order chi connectivity index (χ1) is 3.72. The summed E-state index contributed by atoms with van der Waals surface area (Å²) in [7, 11) is 0. The van der Waals surface area contributed by atoms with Crippen LogP contribution in [0.1, 0.15) is 6.92 Å². The van der Waals surface area contributed by atoms with E-state index in [1.54, 1.807) is 6.92 Å². The fourth-order valence-electron chi connectivity index (χ4n) is 0.292. The predicted octanol–water partition coefficient (Wildman–Crippen LogP) is -0.801. The second-order valence-corrected chi connectivity index (χ2v) is 1.84. The zero-order valence-electron chi connectivity index (χ0n) is 4.66. The summed E-state index contributed by atoms with van der Waals surface area (Å²) in [5.41, 5.74) is 2.34. The van der Waals surface area contributed by atoms with Gasteiger partial charge in [-0.05, 0) is 12.3 Å². The Labute approximate surface area is 53.8 Å². The summed E-state index contributed by atoms with van der Waals surface area (Å²) in [5, 5.41) is 10.2. The van der Waals surface area contributed by atoms with Gasteiger partial charge >= 0.3 is 0 Å². The van der Waals surface area contributed by atoms with Crippen molar-refractivity contribution >= 4 is 17.6 Å². The molecule has 0 amide bonds. The van der Waals surface area contributed by atoms with Crippen molar-refractivity contribution in [2.75, 3.05) is 0 Å². The van der Waals surface area contributed by atoms with Crippen LogP contribution in [0.15, 0.2) is 0 Å². The van der Waals surface area contributed by atoms with Gasteiger partial charge in [-0.15, -0.1) is 0 Å². The van der Waals surface area contributed by atoms with Gasteiger partial charge in [0.2, 0.25) is 0 Å². The molecule has 4 N–H and O–H groups in total. The topological polar surface area (TPSA) is 58.3 Å². The molecule has 0 aromatic carbocycles. The Morgan fingerprint density at radius 2 is 2.38 bits per heavy atom. The molecule has 0 saturated heterocycles. The standard InChI is InChI=1S/C4H10N2OS/c1-3(7)4(2-8)6-5/h2-4,6-7H,5H2,1H3. The predicted molar refractivity (Wildman–Crippen MR) is 36.4 cm³/mol. The molecule has 0 aliphatic carbocycles. The van der Waals surface area contributed by atoms with E-state index in [0.717, 1.165) is 0 Å². The normalized spacial score (nSPS) is 17.4. The van der Waals surface area contributed by atoms with Gasteiger partial charge in [-0.25, -0.2) is 0 Å². The maximum Gasteiger partial charge on any atom is 0.0749 e. The maximum absolute atomic E-state index is 8.77. The van der Waals surface area contributed by atoms with Crippen molar-refractivity contribution in [3.05, 3.63) is 0 Å². The molecule has 0 fully saturated rings. The van der Waals surface area contributed by atoms with Crippen LogP contribution in [0, 0.1) is 0 Å². The molecule has 2 atom stereocenters. The summed E-state index contributed by atoms with van der Waals surface area (Å²) in [6.07, 6.45) is -0.516. The van der Waals surface area contributed by atoms with Crippen molar-refractivity contribution in [2.24, 2.45) is 5.84 Å². The van der Waals surface area contributed by atoms with Gasteiger partial charge < -0.3 is 5.11 Å². The van der Waals surface area contributed by atoms with E-state index in [1.807, 2.05) is 0 Å². The number of hydrogen-bond donors (Lipinski definition) is 3. The maximum atomic E-state index is 8.77. The monoisotopic (exact) mass is 134 g/mol. The van der Waals surface area contributed by atoms with Gasteiger partial charge in [0.15, 0.2) is 0 Å². The number of aliphatic hydroxyl groups is 1. The summed E-state index contributed by atoms with van der Waals surface area (Å²) in [4.78, 5) is 0. The molecule has 0 radical (unpaired) electrons. The summed E-state index contributed by atoms with van der Waals surface area (Å²) < 4.78 is 0. The van der Waals surface area contributed by atoms with Crippen molar-refractivity contribution in [2.45, 2.75) is 19.1 Å². The number of nitrogens with two attached hydrogens (primary N) is 1. The molecular formula is C4H10N2OS. The molecule has 48 valence electrons. The summed E-state index contributed by atoms with van der Waals surface area (Å²) in [6.45, 7) is 1.62. The molecule has 0 bridgehead atoms. The molecular weight excluding hydrogens is 124 g/mol. The van der Waals surface area contributed by atoms with Crippen molar-refractivity contribution in [3.63, 3.8) is 0 Å². The van der Waals surface area contributed by atoms with Crippen LogP contribution >= 0.6 is 12.2 Å². The zero-order chi connectivity index (χ0) is 6.57. The largest absolute Gasteiger partial charge is 0.391 e. The molecule has 0 aromatic heterocycles. The Morgan fingerprint density at radius 1 is 1.88 bits per heavy atom. The fourth-order valence-corrected chi connectivity index (χ4v) is 0.598. The fraction of sp³-hybridized carbons (Fsp3) is 0.750. The van der Waals surface area contributed by atoms with Crippen LogP contribution in [-0.4, -0.2) is 22.6 Å². The lowest BCUT2D eigenvalue weighted by Gasteiger charge is -2.11. The van der Waals surface area contributed by atoms with Crippen LogP contribution in [0.25, 0.3) is 0 Å².